The molecule has 1 saturated carbocycles. The second-order valence-electron chi connectivity index (χ2n) is 3.25. The van der Waals surface area contributed by atoms with Gasteiger partial charge in [-0.25, -0.2) is 0 Å². The standard InChI is InChI=1S/C8H11NO2/c1-5-6(2)9-11-7(5)8(10)3-4-8/h10H,3-4H2,1-2H3. The first kappa shape index (κ1) is 6.85. The van der Waals surface area contributed by atoms with E-state index in [9.17, 15) is 5.11 Å². The summed E-state index contributed by atoms with van der Waals surface area (Å²) in [5.41, 5.74) is 1.19. The van der Waals surface area contributed by atoms with E-state index in [1.807, 2.05) is 13.8 Å². The first-order valence-corrected chi connectivity index (χ1v) is 3.79. The van der Waals surface area contributed by atoms with E-state index in [1.54, 1.807) is 0 Å². The molecule has 0 unspecified atom stereocenters. The van der Waals surface area contributed by atoms with Gasteiger partial charge in [0.1, 0.15) is 5.60 Å². The third-order valence-electron chi connectivity index (χ3n) is 2.30. The molecule has 1 fully saturated rings. The Morgan fingerprint density at radius 2 is 2.09 bits per heavy atom. The molecule has 2 rings (SSSR count). The summed E-state index contributed by atoms with van der Waals surface area (Å²) in [5.74, 6) is 0.662. The van der Waals surface area contributed by atoms with Gasteiger partial charge in [-0.05, 0) is 26.7 Å². The Balaban J connectivity index is 2.45. The first-order valence-electron chi connectivity index (χ1n) is 3.79. The Bertz CT molecular complexity index is 286. The third kappa shape index (κ3) is 0.878. The van der Waals surface area contributed by atoms with Gasteiger partial charge in [-0.15, -0.1) is 0 Å². The van der Waals surface area contributed by atoms with Gasteiger partial charge in [0.05, 0.1) is 5.69 Å². The highest BCUT2D eigenvalue weighted by Gasteiger charge is 2.47. The zero-order valence-corrected chi connectivity index (χ0v) is 6.72. The SMILES string of the molecule is Cc1noc(C2(O)CC2)c1C. The van der Waals surface area contributed by atoms with Crippen molar-refractivity contribution in [3.05, 3.63) is 17.0 Å². The number of hydrogen-bond acceptors (Lipinski definition) is 3. The van der Waals surface area contributed by atoms with E-state index in [-0.39, 0.29) is 0 Å². The summed E-state index contributed by atoms with van der Waals surface area (Å²) < 4.78 is 5.02. The number of aryl methyl sites for hydroxylation is 1. The maximum Gasteiger partial charge on any atom is 0.171 e. The Morgan fingerprint density at radius 1 is 1.45 bits per heavy atom. The fourth-order valence-electron chi connectivity index (χ4n) is 1.19. The molecule has 3 heteroatoms. The fraction of sp³-hybridized carbons (Fsp3) is 0.625. The predicted octanol–water partition coefficient (Wildman–Crippen LogP) is 1.27. The van der Waals surface area contributed by atoms with Crippen LogP contribution in [0.15, 0.2) is 4.52 Å². The molecule has 0 bridgehead atoms. The van der Waals surface area contributed by atoms with Gasteiger partial charge in [-0.3, -0.25) is 0 Å². The summed E-state index contributed by atoms with van der Waals surface area (Å²) in [6, 6.07) is 0. The molecule has 1 heterocycles. The first-order chi connectivity index (χ1) is 5.13. The molecule has 1 N–H and O–H groups in total. The lowest BCUT2D eigenvalue weighted by Crippen LogP contribution is -2.03. The van der Waals surface area contributed by atoms with Crippen LogP contribution in [0.5, 0.6) is 0 Å². The Kier molecular flexibility index (Phi) is 1.16. The van der Waals surface area contributed by atoms with Crippen LogP contribution in [-0.4, -0.2) is 10.3 Å². The number of hydrogen-bond donors (Lipinski definition) is 1. The van der Waals surface area contributed by atoms with Crippen LogP contribution in [0.1, 0.15) is 29.9 Å². The smallest absolute Gasteiger partial charge is 0.171 e. The van der Waals surface area contributed by atoms with Crippen molar-refractivity contribution in [2.24, 2.45) is 0 Å². The molecule has 0 amide bonds. The highest BCUT2D eigenvalue weighted by atomic mass is 16.5. The molecule has 0 aliphatic heterocycles. The van der Waals surface area contributed by atoms with Gasteiger partial charge in [0.2, 0.25) is 0 Å². The number of aliphatic hydroxyl groups is 1. The molecule has 0 saturated heterocycles. The Labute approximate surface area is 65.0 Å². The molecule has 1 aliphatic rings. The molecule has 0 spiro atoms. The topological polar surface area (TPSA) is 46.3 Å². The van der Waals surface area contributed by atoms with Crippen molar-refractivity contribution < 1.29 is 9.63 Å². The fourth-order valence-corrected chi connectivity index (χ4v) is 1.19. The molecule has 3 nitrogen and oxygen atoms in total. The van der Waals surface area contributed by atoms with Gasteiger partial charge >= 0.3 is 0 Å². The molecular formula is C8H11NO2. The summed E-state index contributed by atoms with van der Waals surface area (Å²) in [5, 5.41) is 13.4. The van der Waals surface area contributed by atoms with Crippen LogP contribution in [0.25, 0.3) is 0 Å². The second kappa shape index (κ2) is 1.85. The lowest BCUT2D eigenvalue weighted by atomic mass is 10.1. The second-order valence-corrected chi connectivity index (χ2v) is 3.25. The van der Waals surface area contributed by atoms with E-state index < -0.39 is 5.60 Å². The molecule has 0 atom stereocenters. The van der Waals surface area contributed by atoms with Gasteiger partial charge in [-0.2, -0.15) is 0 Å². The minimum absolute atomic E-state index is 0.662. The summed E-state index contributed by atoms with van der Waals surface area (Å²) in [7, 11) is 0. The number of nitrogens with zero attached hydrogens (tertiary/aromatic N) is 1. The molecule has 60 valence electrons. The van der Waals surface area contributed by atoms with Crippen molar-refractivity contribution in [2.75, 3.05) is 0 Å². The molecule has 0 aromatic carbocycles. The van der Waals surface area contributed by atoms with Gasteiger partial charge in [-0.1, -0.05) is 5.16 Å². The Morgan fingerprint density at radius 3 is 2.45 bits per heavy atom. The van der Waals surface area contributed by atoms with Gasteiger partial charge in [0.25, 0.3) is 0 Å². The van der Waals surface area contributed by atoms with E-state index in [4.69, 9.17) is 4.52 Å². The molecular weight excluding hydrogens is 142 g/mol. The molecule has 11 heavy (non-hydrogen) atoms. The predicted molar refractivity (Wildman–Crippen MR) is 39.1 cm³/mol. The quantitative estimate of drug-likeness (QED) is 0.660. The van der Waals surface area contributed by atoms with Crippen molar-refractivity contribution in [1.29, 1.82) is 0 Å². The van der Waals surface area contributed by atoms with E-state index in [2.05, 4.69) is 5.16 Å². The summed E-state index contributed by atoms with van der Waals surface area (Å²) in [6.07, 6.45) is 1.62. The zero-order valence-electron chi connectivity index (χ0n) is 6.72. The minimum Gasteiger partial charge on any atom is -0.382 e. The summed E-state index contributed by atoms with van der Waals surface area (Å²) >= 11 is 0. The molecule has 1 aromatic heterocycles. The Hall–Kier alpha value is -0.830. The molecule has 1 aliphatic carbocycles. The lowest BCUT2D eigenvalue weighted by molar-refractivity contribution is 0.113. The van der Waals surface area contributed by atoms with Gasteiger partial charge < -0.3 is 9.63 Å². The van der Waals surface area contributed by atoms with Crippen LogP contribution in [0.2, 0.25) is 0 Å². The molecule has 0 radical (unpaired) electrons. The van der Waals surface area contributed by atoms with Crippen molar-refractivity contribution in [2.45, 2.75) is 32.3 Å². The summed E-state index contributed by atoms with van der Waals surface area (Å²) in [6.45, 7) is 3.81. The number of rotatable bonds is 1. The minimum atomic E-state index is -0.675. The highest BCUT2D eigenvalue weighted by Crippen LogP contribution is 2.46. The van der Waals surface area contributed by atoms with Crippen molar-refractivity contribution >= 4 is 0 Å². The normalized spacial score (nSPS) is 20.3. The van der Waals surface area contributed by atoms with Crippen molar-refractivity contribution in [3.63, 3.8) is 0 Å². The van der Waals surface area contributed by atoms with E-state index in [1.165, 1.54) is 0 Å². The van der Waals surface area contributed by atoms with Crippen molar-refractivity contribution in [3.8, 4) is 0 Å². The third-order valence-corrected chi connectivity index (χ3v) is 2.30. The zero-order chi connectivity index (χ0) is 8.06. The maximum absolute atomic E-state index is 9.66. The lowest BCUT2D eigenvalue weighted by Gasteiger charge is -2.01. The average molecular weight is 153 g/mol. The van der Waals surface area contributed by atoms with Crippen LogP contribution < -0.4 is 0 Å². The van der Waals surface area contributed by atoms with E-state index >= 15 is 0 Å². The average Bonchev–Trinajstić information content (AvgIpc) is 2.60. The molecule has 1 aromatic rings. The summed E-state index contributed by atoms with van der Waals surface area (Å²) in [4.78, 5) is 0. The maximum atomic E-state index is 9.66. The highest BCUT2D eigenvalue weighted by molar-refractivity contribution is 5.28. The van der Waals surface area contributed by atoms with Crippen LogP contribution in [0.4, 0.5) is 0 Å². The van der Waals surface area contributed by atoms with Crippen molar-refractivity contribution in [1.82, 2.24) is 5.16 Å². The largest absolute Gasteiger partial charge is 0.382 e. The van der Waals surface area contributed by atoms with Gasteiger partial charge in [0.15, 0.2) is 5.76 Å². The monoisotopic (exact) mass is 153 g/mol. The van der Waals surface area contributed by atoms with Crippen LogP contribution in [0.3, 0.4) is 0 Å². The van der Waals surface area contributed by atoms with Gasteiger partial charge in [0, 0.05) is 5.56 Å². The van der Waals surface area contributed by atoms with Crippen LogP contribution in [0, 0.1) is 13.8 Å². The van der Waals surface area contributed by atoms with E-state index in [0.717, 1.165) is 24.1 Å². The number of aromatic nitrogens is 1. The van der Waals surface area contributed by atoms with Crippen LogP contribution in [-0.2, 0) is 5.60 Å². The van der Waals surface area contributed by atoms with Crippen LogP contribution >= 0.6 is 0 Å². The van der Waals surface area contributed by atoms with E-state index in [0.29, 0.717) is 5.76 Å².